The molecule has 0 aromatic rings. The molecule has 0 radical (unpaired) electrons. The van der Waals surface area contributed by atoms with Crippen LogP contribution < -0.4 is 5.32 Å². The topological polar surface area (TPSA) is 136 Å². The summed E-state index contributed by atoms with van der Waals surface area (Å²) in [6, 6.07) is 0. The quantitative estimate of drug-likeness (QED) is 0.385. The van der Waals surface area contributed by atoms with E-state index < -0.39 is 50.4 Å². The highest BCUT2D eigenvalue weighted by atomic mass is 32.2. The number of carbonyl (C=O) groups is 3. The van der Waals surface area contributed by atoms with Gasteiger partial charge in [-0.15, -0.1) is 0 Å². The van der Waals surface area contributed by atoms with Gasteiger partial charge in [-0.3, -0.25) is 18.9 Å². The summed E-state index contributed by atoms with van der Waals surface area (Å²) in [5, 5.41) is 2.37. The van der Waals surface area contributed by atoms with E-state index in [0.717, 1.165) is 0 Å². The number of Topliss-reactive ketones (excluding diaryl/α,β-unsaturated/α-hetero) is 2. The third-order valence-electron chi connectivity index (χ3n) is 5.49. The lowest BCUT2D eigenvalue weighted by Crippen LogP contribution is -2.54. The molecule has 0 saturated heterocycles. The van der Waals surface area contributed by atoms with Crippen LogP contribution in [0.2, 0.25) is 0 Å². The molecule has 0 aliphatic heterocycles. The van der Waals surface area contributed by atoms with Crippen LogP contribution in [-0.2, 0) is 34.0 Å². The SMILES string of the molecule is CC(C)OC(C)C(=O)C(C)(C)C(C)(C)OC(CC(=O)NCCS(=O)(=O)O)C(=O)C(C)(C)C. The van der Waals surface area contributed by atoms with Crippen molar-refractivity contribution in [3.63, 3.8) is 0 Å². The molecule has 0 aromatic heterocycles. The molecule has 0 aliphatic carbocycles. The van der Waals surface area contributed by atoms with E-state index in [4.69, 9.17) is 14.0 Å². The second-order valence-corrected chi connectivity index (χ2v) is 12.0. The van der Waals surface area contributed by atoms with Crippen LogP contribution in [0, 0.1) is 10.8 Å². The Labute approximate surface area is 192 Å². The Morgan fingerprint density at radius 3 is 1.84 bits per heavy atom. The molecule has 0 rings (SSSR count). The van der Waals surface area contributed by atoms with Crippen molar-refractivity contribution in [1.29, 1.82) is 0 Å². The van der Waals surface area contributed by atoms with Crippen molar-refractivity contribution >= 4 is 27.6 Å². The molecule has 10 heteroatoms. The van der Waals surface area contributed by atoms with Gasteiger partial charge in [0.15, 0.2) is 11.6 Å². The Bertz CT molecular complexity index is 778. The van der Waals surface area contributed by atoms with Crippen molar-refractivity contribution in [3.8, 4) is 0 Å². The Kier molecular flexibility index (Phi) is 10.7. The number of carbonyl (C=O) groups excluding carboxylic acids is 3. The molecule has 9 nitrogen and oxygen atoms in total. The predicted octanol–water partition coefficient (Wildman–Crippen LogP) is 2.57. The molecule has 2 atom stereocenters. The van der Waals surface area contributed by atoms with E-state index in [1.165, 1.54) is 0 Å². The van der Waals surface area contributed by atoms with Crippen molar-refractivity contribution in [2.24, 2.45) is 10.8 Å². The second kappa shape index (κ2) is 11.2. The average Bonchev–Trinajstić information content (AvgIpc) is 2.56. The molecule has 2 N–H and O–H groups in total. The van der Waals surface area contributed by atoms with Gasteiger partial charge in [0.2, 0.25) is 5.91 Å². The van der Waals surface area contributed by atoms with Gasteiger partial charge in [-0.2, -0.15) is 8.42 Å². The molecule has 0 fully saturated rings. The minimum atomic E-state index is -4.22. The highest BCUT2D eigenvalue weighted by Gasteiger charge is 2.48. The number of hydrogen-bond donors (Lipinski definition) is 2. The predicted molar refractivity (Wildman–Crippen MR) is 122 cm³/mol. The van der Waals surface area contributed by atoms with Gasteiger partial charge < -0.3 is 14.8 Å². The number of ketones is 2. The summed E-state index contributed by atoms with van der Waals surface area (Å²) in [4.78, 5) is 38.5. The van der Waals surface area contributed by atoms with Crippen LogP contribution in [-0.4, -0.2) is 66.7 Å². The third kappa shape index (κ3) is 9.64. The summed E-state index contributed by atoms with van der Waals surface area (Å²) in [6.45, 7) is 16.9. The summed E-state index contributed by atoms with van der Waals surface area (Å²) in [5.74, 6) is -1.77. The van der Waals surface area contributed by atoms with Crippen molar-refractivity contribution in [2.45, 2.75) is 99.6 Å². The summed E-state index contributed by atoms with van der Waals surface area (Å²) in [5.41, 5.74) is -3.02. The maximum atomic E-state index is 13.1. The maximum absolute atomic E-state index is 13.1. The van der Waals surface area contributed by atoms with Gasteiger partial charge in [-0.05, 0) is 34.6 Å². The van der Waals surface area contributed by atoms with Crippen LogP contribution >= 0.6 is 0 Å². The molecule has 0 aromatic carbocycles. The normalized spacial score (nSPS) is 15.4. The van der Waals surface area contributed by atoms with Crippen LogP contribution in [0.25, 0.3) is 0 Å². The van der Waals surface area contributed by atoms with E-state index in [2.05, 4.69) is 5.32 Å². The van der Waals surface area contributed by atoms with Crippen LogP contribution in [0.3, 0.4) is 0 Å². The third-order valence-corrected chi connectivity index (χ3v) is 6.21. The van der Waals surface area contributed by atoms with Crippen LogP contribution in [0.15, 0.2) is 0 Å². The Hall–Kier alpha value is -1.36. The number of hydrogen-bond acceptors (Lipinski definition) is 7. The molecule has 0 saturated carbocycles. The summed E-state index contributed by atoms with van der Waals surface area (Å²) >= 11 is 0. The first kappa shape index (κ1) is 30.6. The van der Waals surface area contributed by atoms with E-state index in [9.17, 15) is 22.8 Å². The highest BCUT2D eigenvalue weighted by molar-refractivity contribution is 7.85. The average molecular weight is 480 g/mol. The molecule has 1 amide bonds. The monoisotopic (exact) mass is 479 g/mol. The Morgan fingerprint density at radius 1 is 0.938 bits per heavy atom. The molecule has 188 valence electrons. The Balaban J connectivity index is 5.66. The fourth-order valence-electron chi connectivity index (χ4n) is 3.01. The van der Waals surface area contributed by atoms with E-state index >= 15 is 0 Å². The minimum Gasteiger partial charge on any atom is -0.368 e. The highest BCUT2D eigenvalue weighted by Crippen LogP contribution is 2.38. The molecule has 0 bridgehead atoms. The number of nitrogens with one attached hydrogen (secondary N) is 1. The van der Waals surface area contributed by atoms with Gasteiger partial charge in [0.1, 0.15) is 12.2 Å². The van der Waals surface area contributed by atoms with Crippen molar-refractivity contribution in [1.82, 2.24) is 5.32 Å². The minimum absolute atomic E-state index is 0.143. The standard InChI is InChI=1S/C22H41NO8S/c1-14(2)30-15(3)18(25)21(7,8)22(9,10)31-16(19(26)20(4,5)6)13-17(24)23-11-12-32(27,28)29/h14-16H,11-13H2,1-10H3,(H,23,24)(H,27,28,29). The van der Waals surface area contributed by atoms with E-state index in [1.54, 1.807) is 55.4 Å². The molecule has 0 heterocycles. The first-order valence-corrected chi connectivity index (χ1v) is 12.4. The molecule has 0 aliphatic rings. The number of rotatable bonds is 13. The van der Waals surface area contributed by atoms with Gasteiger partial charge in [0.05, 0.1) is 29.3 Å². The fourth-order valence-corrected chi connectivity index (χ4v) is 3.37. The molecular formula is C22H41NO8S. The lowest BCUT2D eigenvalue weighted by Gasteiger charge is -2.44. The fraction of sp³-hybridized carbons (Fsp3) is 0.864. The lowest BCUT2D eigenvalue weighted by atomic mass is 9.72. The maximum Gasteiger partial charge on any atom is 0.266 e. The van der Waals surface area contributed by atoms with Crippen LogP contribution in [0.4, 0.5) is 0 Å². The van der Waals surface area contributed by atoms with Gasteiger partial charge in [-0.25, -0.2) is 0 Å². The first-order valence-electron chi connectivity index (χ1n) is 10.8. The zero-order valence-electron chi connectivity index (χ0n) is 21.1. The van der Waals surface area contributed by atoms with Crippen LogP contribution in [0.5, 0.6) is 0 Å². The zero-order valence-corrected chi connectivity index (χ0v) is 21.9. The molecule has 0 spiro atoms. The molecule has 2 unspecified atom stereocenters. The largest absolute Gasteiger partial charge is 0.368 e. The summed E-state index contributed by atoms with van der Waals surface area (Å²) in [7, 11) is -4.22. The van der Waals surface area contributed by atoms with E-state index in [0.29, 0.717) is 0 Å². The summed E-state index contributed by atoms with van der Waals surface area (Å²) < 4.78 is 42.2. The smallest absolute Gasteiger partial charge is 0.266 e. The van der Waals surface area contributed by atoms with E-state index in [-0.39, 0.29) is 30.6 Å². The number of amides is 1. The van der Waals surface area contributed by atoms with E-state index in [1.807, 2.05) is 13.8 Å². The first-order chi connectivity index (χ1) is 14.1. The second-order valence-electron chi connectivity index (χ2n) is 10.4. The summed E-state index contributed by atoms with van der Waals surface area (Å²) in [6.07, 6.45) is -2.35. The van der Waals surface area contributed by atoms with Gasteiger partial charge in [0.25, 0.3) is 10.1 Å². The van der Waals surface area contributed by atoms with Crippen molar-refractivity contribution in [2.75, 3.05) is 12.3 Å². The Morgan fingerprint density at radius 2 is 1.44 bits per heavy atom. The number of ether oxygens (including phenoxy) is 2. The van der Waals surface area contributed by atoms with Crippen LogP contribution in [0.1, 0.15) is 75.7 Å². The molecular weight excluding hydrogens is 438 g/mol. The van der Waals surface area contributed by atoms with Crippen molar-refractivity contribution < 1.29 is 36.8 Å². The lowest BCUT2D eigenvalue weighted by molar-refractivity contribution is -0.179. The van der Waals surface area contributed by atoms with Gasteiger partial charge in [0, 0.05) is 12.0 Å². The van der Waals surface area contributed by atoms with Crippen molar-refractivity contribution in [3.05, 3.63) is 0 Å². The molecule has 32 heavy (non-hydrogen) atoms. The zero-order chi connectivity index (χ0) is 25.7. The van der Waals surface area contributed by atoms with Gasteiger partial charge in [-0.1, -0.05) is 34.6 Å². The van der Waals surface area contributed by atoms with Gasteiger partial charge >= 0.3 is 0 Å².